The van der Waals surface area contributed by atoms with Crippen LogP contribution in [-0.2, 0) is 0 Å². The van der Waals surface area contributed by atoms with Gasteiger partial charge in [0, 0.05) is 15.8 Å². The Balaban J connectivity index is 1.71. The second-order valence-corrected chi connectivity index (χ2v) is 8.18. The Labute approximate surface area is 128 Å². The van der Waals surface area contributed by atoms with Gasteiger partial charge in [-0.05, 0) is 62.6 Å². The van der Waals surface area contributed by atoms with Crippen molar-refractivity contribution in [3.8, 4) is 0 Å². The number of rotatable bonds is 4. The molecule has 1 aromatic heterocycles. The predicted molar refractivity (Wildman–Crippen MR) is 88.3 cm³/mol. The quantitative estimate of drug-likeness (QED) is 0.792. The number of fused-ring (bicyclic) bond motifs is 1. The molecule has 2 aliphatic rings. The van der Waals surface area contributed by atoms with E-state index < -0.39 is 0 Å². The average Bonchev–Trinajstić information content (AvgIpc) is 2.90. The van der Waals surface area contributed by atoms with E-state index in [0.29, 0.717) is 6.04 Å². The lowest BCUT2D eigenvalue weighted by molar-refractivity contribution is 0.110. The van der Waals surface area contributed by atoms with Gasteiger partial charge in [-0.1, -0.05) is 32.6 Å². The Morgan fingerprint density at radius 1 is 1.15 bits per heavy atom. The Bertz CT molecular complexity index is 425. The molecule has 0 spiro atoms. The van der Waals surface area contributed by atoms with Crippen LogP contribution in [0.25, 0.3) is 0 Å². The molecular weight excluding hydrogens is 262 g/mol. The van der Waals surface area contributed by atoms with Crippen molar-refractivity contribution in [2.45, 2.75) is 64.8 Å². The van der Waals surface area contributed by atoms with Crippen molar-refractivity contribution in [2.24, 2.45) is 17.8 Å². The largest absolute Gasteiger partial charge is 0.309 e. The van der Waals surface area contributed by atoms with Gasteiger partial charge in [-0.3, -0.25) is 0 Å². The molecule has 1 heterocycles. The van der Waals surface area contributed by atoms with Gasteiger partial charge in [-0.2, -0.15) is 0 Å². The van der Waals surface area contributed by atoms with Crippen LogP contribution in [0.1, 0.15) is 67.7 Å². The predicted octanol–water partition coefficient (Wildman–Crippen LogP) is 5.31. The van der Waals surface area contributed by atoms with Crippen molar-refractivity contribution in [1.82, 2.24) is 5.32 Å². The van der Waals surface area contributed by atoms with Crippen molar-refractivity contribution >= 4 is 11.3 Å². The van der Waals surface area contributed by atoms with Crippen LogP contribution in [0.3, 0.4) is 0 Å². The summed E-state index contributed by atoms with van der Waals surface area (Å²) in [7, 11) is 0. The second kappa shape index (κ2) is 6.62. The number of thiophene rings is 1. The van der Waals surface area contributed by atoms with Crippen molar-refractivity contribution in [3.05, 3.63) is 21.9 Å². The number of aryl methyl sites for hydroxylation is 1. The van der Waals surface area contributed by atoms with Gasteiger partial charge in [-0.15, -0.1) is 11.3 Å². The lowest BCUT2D eigenvalue weighted by atomic mass is 9.66. The fourth-order valence-electron chi connectivity index (χ4n) is 4.55. The molecule has 0 saturated heterocycles. The van der Waals surface area contributed by atoms with E-state index in [4.69, 9.17) is 0 Å². The summed E-state index contributed by atoms with van der Waals surface area (Å²) in [5.41, 5.74) is 0. The zero-order valence-electron chi connectivity index (χ0n) is 13.0. The van der Waals surface area contributed by atoms with Crippen LogP contribution >= 0.6 is 11.3 Å². The molecule has 0 aliphatic heterocycles. The van der Waals surface area contributed by atoms with E-state index in [9.17, 15) is 0 Å². The van der Waals surface area contributed by atoms with Gasteiger partial charge in [0.1, 0.15) is 0 Å². The number of nitrogens with one attached hydrogen (secondary N) is 1. The van der Waals surface area contributed by atoms with E-state index in [1.165, 1.54) is 49.8 Å². The van der Waals surface area contributed by atoms with Gasteiger partial charge in [0.05, 0.1) is 0 Å². The van der Waals surface area contributed by atoms with Crippen LogP contribution in [0.5, 0.6) is 0 Å². The van der Waals surface area contributed by atoms with Crippen molar-refractivity contribution in [3.63, 3.8) is 0 Å². The van der Waals surface area contributed by atoms with E-state index >= 15 is 0 Å². The van der Waals surface area contributed by atoms with Crippen molar-refractivity contribution in [1.29, 1.82) is 0 Å². The molecule has 4 unspecified atom stereocenters. The lowest BCUT2D eigenvalue weighted by Gasteiger charge is -2.42. The SMILES string of the molecule is CCNC(c1ccc(C)s1)C1CCC2CCCCC2C1. The summed E-state index contributed by atoms with van der Waals surface area (Å²) >= 11 is 2.00. The third kappa shape index (κ3) is 3.12. The van der Waals surface area contributed by atoms with Crippen LogP contribution in [-0.4, -0.2) is 6.54 Å². The minimum absolute atomic E-state index is 0.613. The smallest absolute Gasteiger partial charge is 0.0443 e. The maximum atomic E-state index is 3.79. The molecule has 1 nitrogen and oxygen atoms in total. The van der Waals surface area contributed by atoms with E-state index in [1.807, 2.05) is 11.3 Å². The highest BCUT2D eigenvalue weighted by atomic mass is 32.1. The maximum Gasteiger partial charge on any atom is 0.0443 e. The molecule has 0 bridgehead atoms. The first-order chi connectivity index (χ1) is 9.78. The van der Waals surface area contributed by atoms with Gasteiger partial charge in [0.2, 0.25) is 0 Å². The monoisotopic (exact) mass is 291 g/mol. The summed E-state index contributed by atoms with van der Waals surface area (Å²) in [4.78, 5) is 3.03. The first kappa shape index (κ1) is 14.6. The van der Waals surface area contributed by atoms with Gasteiger partial charge in [0.25, 0.3) is 0 Å². The van der Waals surface area contributed by atoms with Crippen LogP contribution in [0.15, 0.2) is 12.1 Å². The molecule has 1 aromatic rings. The van der Waals surface area contributed by atoms with Gasteiger partial charge in [0.15, 0.2) is 0 Å². The normalized spacial score (nSPS) is 31.8. The van der Waals surface area contributed by atoms with E-state index in [0.717, 1.165) is 24.3 Å². The molecule has 3 rings (SSSR count). The highest BCUT2D eigenvalue weighted by molar-refractivity contribution is 7.12. The fourth-order valence-corrected chi connectivity index (χ4v) is 5.60. The molecular formula is C18H29NS. The summed E-state index contributed by atoms with van der Waals surface area (Å²) in [6.07, 6.45) is 10.4. The molecule has 4 atom stereocenters. The Morgan fingerprint density at radius 2 is 1.95 bits per heavy atom. The standard InChI is InChI=1S/C18H29NS/c1-3-19-18(17-11-8-13(2)20-17)16-10-9-14-6-4-5-7-15(14)12-16/h8,11,14-16,18-19H,3-7,9-10,12H2,1-2H3. The van der Waals surface area contributed by atoms with Crippen LogP contribution < -0.4 is 5.32 Å². The number of hydrogen-bond donors (Lipinski definition) is 1. The number of hydrogen-bond acceptors (Lipinski definition) is 2. The maximum absolute atomic E-state index is 3.79. The van der Waals surface area contributed by atoms with Gasteiger partial charge >= 0.3 is 0 Å². The summed E-state index contributed by atoms with van der Waals surface area (Å²) in [6, 6.07) is 5.26. The van der Waals surface area contributed by atoms with Crippen molar-refractivity contribution in [2.75, 3.05) is 6.54 Å². The molecule has 2 aliphatic carbocycles. The molecule has 112 valence electrons. The molecule has 2 saturated carbocycles. The zero-order chi connectivity index (χ0) is 13.9. The first-order valence-corrected chi connectivity index (χ1v) is 9.39. The van der Waals surface area contributed by atoms with E-state index in [1.54, 1.807) is 4.88 Å². The highest BCUT2D eigenvalue weighted by Gasteiger charge is 2.35. The molecule has 2 fully saturated rings. The third-order valence-electron chi connectivity index (χ3n) is 5.54. The molecule has 0 radical (unpaired) electrons. The average molecular weight is 292 g/mol. The Morgan fingerprint density at radius 3 is 2.65 bits per heavy atom. The minimum atomic E-state index is 0.613. The van der Waals surface area contributed by atoms with E-state index in [-0.39, 0.29) is 0 Å². The summed E-state index contributed by atoms with van der Waals surface area (Å²) in [6.45, 7) is 5.57. The zero-order valence-corrected chi connectivity index (χ0v) is 13.8. The van der Waals surface area contributed by atoms with Gasteiger partial charge < -0.3 is 5.32 Å². The van der Waals surface area contributed by atoms with Crippen LogP contribution in [0.4, 0.5) is 0 Å². The second-order valence-electron chi connectivity index (χ2n) is 6.86. The van der Waals surface area contributed by atoms with Crippen LogP contribution in [0, 0.1) is 24.7 Å². The van der Waals surface area contributed by atoms with Crippen LogP contribution in [0.2, 0.25) is 0 Å². The Hall–Kier alpha value is -0.340. The Kier molecular flexibility index (Phi) is 4.83. The van der Waals surface area contributed by atoms with E-state index in [2.05, 4.69) is 31.3 Å². The molecule has 0 aromatic carbocycles. The lowest BCUT2D eigenvalue weighted by Crippen LogP contribution is -2.35. The molecule has 0 amide bonds. The topological polar surface area (TPSA) is 12.0 Å². The van der Waals surface area contributed by atoms with Crippen molar-refractivity contribution < 1.29 is 0 Å². The molecule has 2 heteroatoms. The summed E-state index contributed by atoms with van der Waals surface area (Å²) in [5, 5.41) is 3.79. The molecule has 1 N–H and O–H groups in total. The first-order valence-electron chi connectivity index (χ1n) is 8.57. The van der Waals surface area contributed by atoms with Gasteiger partial charge in [-0.25, -0.2) is 0 Å². The third-order valence-corrected chi connectivity index (χ3v) is 6.63. The molecule has 20 heavy (non-hydrogen) atoms. The summed E-state index contributed by atoms with van der Waals surface area (Å²) in [5.74, 6) is 2.96. The highest BCUT2D eigenvalue weighted by Crippen LogP contribution is 2.46. The fraction of sp³-hybridized carbons (Fsp3) is 0.778. The minimum Gasteiger partial charge on any atom is -0.309 e. The summed E-state index contributed by atoms with van der Waals surface area (Å²) < 4.78 is 0.